The van der Waals surface area contributed by atoms with Gasteiger partial charge in [-0.15, -0.1) is 6.42 Å². The Bertz CT molecular complexity index is 364. The van der Waals surface area contributed by atoms with Gasteiger partial charge in [-0.05, 0) is 31.5 Å². The number of ether oxygens (including phenoxy) is 1. The molecule has 0 amide bonds. The van der Waals surface area contributed by atoms with E-state index in [2.05, 4.69) is 5.92 Å². The summed E-state index contributed by atoms with van der Waals surface area (Å²) in [5, 5.41) is 0. The number of hydrogen-bond acceptors (Lipinski definition) is 3. The average molecular weight is 266 g/mol. The summed E-state index contributed by atoms with van der Waals surface area (Å²) in [7, 11) is -0.831. The Labute approximate surface area is 110 Å². The third-order valence-corrected chi connectivity index (χ3v) is 3.82. The van der Waals surface area contributed by atoms with Crippen LogP contribution >= 0.6 is 8.38 Å². The molecule has 0 N–H and O–H groups in total. The Morgan fingerprint density at radius 2 is 1.72 bits per heavy atom. The Hall–Kier alpha value is -1.07. The molecule has 98 valence electrons. The fourth-order valence-electron chi connectivity index (χ4n) is 1.38. The molecular weight excluding hydrogens is 247 g/mol. The minimum absolute atomic E-state index is 0.296. The van der Waals surface area contributed by atoms with Gasteiger partial charge in [0.05, 0.1) is 13.2 Å². The summed E-state index contributed by atoms with van der Waals surface area (Å²) in [4.78, 5) is 0. The van der Waals surface area contributed by atoms with Gasteiger partial charge in [-0.1, -0.05) is 18.1 Å². The van der Waals surface area contributed by atoms with Gasteiger partial charge in [0.15, 0.2) is 8.38 Å². The molecule has 1 aromatic rings. The highest BCUT2D eigenvalue weighted by atomic mass is 31.2. The van der Waals surface area contributed by atoms with Crippen LogP contribution in [0.1, 0.15) is 19.4 Å². The van der Waals surface area contributed by atoms with E-state index in [1.54, 1.807) is 0 Å². The van der Waals surface area contributed by atoms with Gasteiger partial charge >= 0.3 is 0 Å². The maximum atomic E-state index is 5.57. The van der Waals surface area contributed by atoms with Gasteiger partial charge in [0.25, 0.3) is 0 Å². The maximum absolute atomic E-state index is 5.57. The fourth-order valence-corrected chi connectivity index (χ4v) is 2.72. The molecule has 0 saturated carbocycles. The SMILES string of the molecule is C#CCOc1ccc(CP(OCC)OCC)cc1. The van der Waals surface area contributed by atoms with E-state index in [1.807, 2.05) is 38.1 Å². The summed E-state index contributed by atoms with van der Waals surface area (Å²) in [6.45, 7) is 5.60. The summed E-state index contributed by atoms with van der Waals surface area (Å²) in [5.41, 5.74) is 1.18. The van der Waals surface area contributed by atoms with Crippen molar-refractivity contribution in [1.29, 1.82) is 0 Å². The molecule has 18 heavy (non-hydrogen) atoms. The van der Waals surface area contributed by atoms with E-state index in [1.165, 1.54) is 5.56 Å². The smallest absolute Gasteiger partial charge is 0.175 e. The van der Waals surface area contributed by atoms with Crippen molar-refractivity contribution < 1.29 is 13.8 Å². The van der Waals surface area contributed by atoms with Crippen molar-refractivity contribution in [2.75, 3.05) is 19.8 Å². The molecule has 0 bridgehead atoms. The van der Waals surface area contributed by atoms with Gasteiger partial charge < -0.3 is 13.8 Å². The number of benzene rings is 1. The lowest BCUT2D eigenvalue weighted by Crippen LogP contribution is -1.95. The van der Waals surface area contributed by atoms with Crippen molar-refractivity contribution in [3.8, 4) is 18.1 Å². The number of terminal acetylenes is 1. The second-order valence-electron chi connectivity index (χ2n) is 3.46. The molecule has 0 spiro atoms. The lowest BCUT2D eigenvalue weighted by atomic mass is 10.2. The largest absolute Gasteiger partial charge is 0.481 e. The molecule has 0 atom stereocenters. The third kappa shape index (κ3) is 5.51. The lowest BCUT2D eigenvalue weighted by Gasteiger charge is -2.15. The van der Waals surface area contributed by atoms with Gasteiger partial charge in [0.1, 0.15) is 12.4 Å². The number of rotatable bonds is 8. The first kappa shape index (κ1) is 15.0. The normalized spacial score (nSPS) is 10.3. The summed E-state index contributed by atoms with van der Waals surface area (Å²) in [6.07, 6.45) is 5.93. The molecule has 0 aliphatic heterocycles. The minimum atomic E-state index is -0.831. The van der Waals surface area contributed by atoms with Crippen LogP contribution in [0.25, 0.3) is 0 Å². The highest BCUT2D eigenvalue weighted by molar-refractivity contribution is 7.46. The Morgan fingerprint density at radius 3 is 2.22 bits per heavy atom. The zero-order valence-electron chi connectivity index (χ0n) is 10.9. The van der Waals surface area contributed by atoms with Gasteiger partial charge in [-0.25, -0.2) is 0 Å². The monoisotopic (exact) mass is 266 g/mol. The van der Waals surface area contributed by atoms with Crippen LogP contribution in [0.5, 0.6) is 5.75 Å². The summed E-state index contributed by atoms with van der Waals surface area (Å²) < 4.78 is 16.4. The van der Waals surface area contributed by atoms with E-state index >= 15 is 0 Å². The molecule has 0 unspecified atom stereocenters. The number of hydrogen-bond donors (Lipinski definition) is 0. The molecule has 0 aromatic heterocycles. The highest BCUT2D eigenvalue weighted by Crippen LogP contribution is 2.41. The molecule has 1 rings (SSSR count). The molecule has 4 heteroatoms. The first-order chi connectivity index (χ1) is 8.80. The summed E-state index contributed by atoms with van der Waals surface area (Å²) in [6, 6.07) is 7.86. The minimum Gasteiger partial charge on any atom is -0.481 e. The first-order valence-electron chi connectivity index (χ1n) is 5.98. The molecule has 0 aliphatic carbocycles. The zero-order chi connectivity index (χ0) is 13.2. The van der Waals surface area contributed by atoms with Gasteiger partial charge in [-0.3, -0.25) is 0 Å². The second kappa shape index (κ2) is 8.94. The Kier molecular flexibility index (Phi) is 7.44. The van der Waals surface area contributed by atoms with E-state index in [4.69, 9.17) is 20.2 Å². The van der Waals surface area contributed by atoms with E-state index in [0.29, 0.717) is 19.8 Å². The third-order valence-electron chi connectivity index (χ3n) is 2.10. The summed E-state index contributed by atoms with van der Waals surface area (Å²) >= 11 is 0. The highest BCUT2D eigenvalue weighted by Gasteiger charge is 2.10. The molecule has 0 heterocycles. The van der Waals surface area contributed by atoms with Crippen LogP contribution in [0.4, 0.5) is 0 Å². The van der Waals surface area contributed by atoms with E-state index in [0.717, 1.165) is 11.9 Å². The van der Waals surface area contributed by atoms with Crippen molar-refractivity contribution >= 4 is 8.38 Å². The lowest BCUT2D eigenvalue weighted by molar-refractivity contribution is 0.268. The van der Waals surface area contributed by atoms with Gasteiger partial charge in [0.2, 0.25) is 0 Å². The topological polar surface area (TPSA) is 27.7 Å². The molecular formula is C14H19O3P. The molecule has 0 fully saturated rings. The van der Waals surface area contributed by atoms with Crippen LogP contribution in [-0.2, 0) is 15.2 Å². The molecule has 1 aromatic carbocycles. The Balaban J connectivity index is 2.53. The van der Waals surface area contributed by atoms with Crippen LogP contribution < -0.4 is 4.74 Å². The molecule has 0 saturated heterocycles. The molecule has 0 aliphatic rings. The first-order valence-corrected chi connectivity index (χ1v) is 7.35. The quantitative estimate of drug-likeness (QED) is 0.531. The predicted molar refractivity (Wildman–Crippen MR) is 74.6 cm³/mol. The molecule has 3 nitrogen and oxygen atoms in total. The average Bonchev–Trinajstić information content (AvgIpc) is 2.38. The zero-order valence-corrected chi connectivity index (χ0v) is 11.8. The molecule has 0 radical (unpaired) electrons. The van der Waals surface area contributed by atoms with Crippen molar-refractivity contribution in [2.45, 2.75) is 20.0 Å². The van der Waals surface area contributed by atoms with E-state index < -0.39 is 8.38 Å². The Morgan fingerprint density at radius 1 is 1.11 bits per heavy atom. The van der Waals surface area contributed by atoms with Crippen LogP contribution in [0.3, 0.4) is 0 Å². The van der Waals surface area contributed by atoms with Gasteiger partial charge in [-0.2, -0.15) is 0 Å². The van der Waals surface area contributed by atoms with Crippen molar-refractivity contribution in [1.82, 2.24) is 0 Å². The van der Waals surface area contributed by atoms with E-state index in [9.17, 15) is 0 Å². The van der Waals surface area contributed by atoms with Crippen LogP contribution in [0, 0.1) is 12.3 Å². The van der Waals surface area contributed by atoms with Crippen LogP contribution in [0.2, 0.25) is 0 Å². The maximum Gasteiger partial charge on any atom is 0.175 e. The van der Waals surface area contributed by atoms with Crippen LogP contribution in [0.15, 0.2) is 24.3 Å². The van der Waals surface area contributed by atoms with Crippen molar-refractivity contribution in [3.63, 3.8) is 0 Å². The van der Waals surface area contributed by atoms with Crippen molar-refractivity contribution in [2.24, 2.45) is 0 Å². The predicted octanol–water partition coefficient (Wildman–Crippen LogP) is 3.58. The fraction of sp³-hybridized carbons (Fsp3) is 0.429. The van der Waals surface area contributed by atoms with E-state index in [-0.39, 0.29) is 0 Å². The van der Waals surface area contributed by atoms with Crippen LogP contribution in [-0.4, -0.2) is 19.8 Å². The second-order valence-corrected chi connectivity index (χ2v) is 4.96. The standard InChI is InChI=1S/C14H19O3P/c1-4-11-15-14-9-7-13(8-10-14)12-18(16-5-2)17-6-3/h1,7-10H,5-6,11-12H2,2-3H3. The van der Waals surface area contributed by atoms with Gasteiger partial charge in [0, 0.05) is 6.16 Å². The van der Waals surface area contributed by atoms with Crippen molar-refractivity contribution in [3.05, 3.63) is 29.8 Å². The summed E-state index contributed by atoms with van der Waals surface area (Å²) in [5.74, 6) is 3.22.